The van der Waals surface area contributed by atoms with Crippen molar-refractivity contribution in [3.8, 4) is 0 Å². The van der Waals surface area contributed by atoms with Gasteiger partial charge < -0.3 is 19.5 Å². The third kappa shape index (κ3) is 5.16. The maximum atomic E-state index is 13.5. The van der Waals surface area contributed by atoms with Crippen LogP contribution in [0.2, 0.25) is 0 Å². The number of halogens is 4. The van der Waals surface area contributed by atoms with Crippen molar-refractivity contribution >= 4 is 16.1 Å². The number of nitrogens with zero attached hydrogens (tertiary/aromatic N) is 2. The highest BCUT2D eigenvalue weighted by atomic mass is 32.2. The Bertz CT molecular complexity index is 934. The number of carbonyl (C=O) groups is 1. The van der Waals surface area contributed by atoms with E-state index >= 15 is 0 Å². The normalized spacial score (nSPS) is 22.3. The molecule has 1 amide bonds. The van der Waals surface area contributed by atoms with Crippen LogP contribution in [-0.4, -0.2) is 86.1 Å². The quantitative estimate of drug-likeness (QED) is 0.644. The molecule has 2 aliphatic heterocycles. The summed E-state index contributed by atoms with van der Waals surface area (Å²) in [5.74, 6) is -0.674. The highest BCUT2D eigenvalue weighted by Gasteiger charge is 2.48. The highest BCUT2D eigenvalue weighted by Crippen LogP contribution is 2.39. The average Bonchev–Trinajstić information content (AvgIpc) is 3.14. The standard InChI is InChI=1S/C19H24F4N2O6S/c1-24(32(28,29)15-4-2-3-13(20)9-15)14-10-18(30-12-14)5-7-25(8-6-18)17(27)31-16(11-26)19(21,22)23/h2-4,9,14,16,26H,5-8,10-12H2,1H3. The minimum atomic E-state index is -4.87. The summed E-state index contributed by atoms with van der Waals surface area (Å²) >= 11 is 0. The fraction of sp³-hybridized carbons (Fsp3) is 0.632. The summed E-state index contributed by atoms with van der Waals surface area (Å²) in [5, 5.41) is 8.81. The summed E-state index contributed by atoms with van der Waals surface area (Å²) in [6.45, 7) is -1.16. The van der Waals surface area contributed by atoms with Crippen LogP contribution in [0.1, 0.15) is 19.3 Å². The van der Waals surface area contributed by atoms with Gasteiger partial charge in [0.15, 0.2) is 0 Å². The van der Waals surface area contributed by atoms with Crippen LogP contribution in [0.25, 0.3) is 0 Å². The van der Waals surface area contributed by atoms with Gasteiger partial charge in [0.25, 0.3) is 0 Å². The van der Waals surface area contributed by atoms with Crippen molar-refractivity contribution in [3.63, 3.8) is 0 Å². The molecule has 8 nitrogen and oxygen atoms in total. The van der Waals surface area contributed by atoms with E-state index in [4.69, 9.17) is 9.84 Å². The van der Waals surface area contributed by atoms with Crippen LogP contribution < -0.4 is 0 Å². The number of aliphatic hydroxyl groups is 1. The number of sulfonamides is 1. The van der Waals surface area contributed by atoms with E-state index in [1.54, 1.807) is 0 Å². The van der Waals surface area contributed by atoms with Crippen molar-refractivity contribution in [1.29, 1.82) is 0 Å². The SMILES string of the molecule is CN(C1COC2(CCN(C(=O)OC(CO)C(F)(F)F)CC2)C1)S(=O)(=O)c1cccc(F)c1. The van der Waals surface area contributed by atoms with Crippen LogP contribution in [-0.2, 0) is 19.5 Å². The van der Waals surface area contributed by atoms with Crippen molar-refractivity contribution in [2.75, 3.05) is 33.4 Å². The van der Waals surface area contributed by atoms with E-state index in [0.29, 0.717) is 6.42 Å². The smallest absolute Gasteiger partial charge is 0.427 e. The van der Waals surface area contributed by atoms with Crippen LogP contribution in [0.3, 0.4) is 0 Å². The van der Waals surface area contributed by atoms with Crippen molar-refractivity contribution < 1.29 is 45.4 Å². The number of hydrogen-bond acceptors (Lipinski definition) is 6. The van der Waals surface area contributed by atoms with Gasteiger partial charge in [0.2, 0.25) is 16.1 Å². The Morgan fingerprint density at radius 3 is 2.59 bits per heavy atom. The number of benzene rings is 1. The van der Waals surface area contributed by atoms with Crippen LogP contribution in [0, 0.1) is 5.82 Å². The Hall–Kier alpha value is -1.96. The molecule has 32 heavy (non-hydrogen) atoms. The number of ether oxygens (including phenoxy) is 2. The zero-order valence-electron chi connectivity index (χ0n) is 17.2. The molecule has 1 N–H and O–H groups in total. The van der Waals surface area contributed by atoms with E-state index in [1.807, 2.05) is 0 Å². The molecule has 0 saturated carbocycles. The molecule has 0 radical (unpaired) electrons. The summed E-state index contributed by atoms with van der Waals surface area (Å²) in [7, 11) is -2.58. The number of aliphatic hydroxyl groups excluding tert-OH is 1. The Balaban J connectivity index is 1.59. The van der Waals surface area contributed by atoms with E-state index in [0.717, 1.165) is 21.3 Å². The van der Waals surface area contributed by atoms with Crippen LogP contribution >= 0.6 is 0 Å². The third-order valence-corrected chi connectivity index (χ3v) is 7.79. The molecule has 1 aromatic rings. The summed E-state index contributed by atoms with van der Waals surface area (Å²) in [5.41, 5.74) is -0.729. The zero-order valence-corrected chi connectivity index (χ0v) is 18.0. The topological polar surface area (TPSA) is 96.4 Å². The lowest BCUT2D eigenvalue weighted by Crippen LogP contribution is -2.49. The van der Waals surface area contributed by atoms with Crippen LogP contribution in [0.4, 0.5) is 22.4 Å². The fourth-order valence-corrected chi connectivity index (χ4v) is 5.27. The van der Waals surface area contributed by atoms with Gasteiger partial charge in [-0.15, -0.1) is 0 Å². The zero-order chi connectivity index (χ0) is 23.7. The summed E-state index contributed by atoms with van der Waals surface area (Å²) in [6, 6.07) is 4.15. The van der Waals surface area contributed by atoms with Gasteiger partial charge in [-0.3, -0.25) is 0 Å². The number of alkyl halides is 3. The summed E-state index contributed by atoms with van der Waals surface area (Å²) < 4.78 is 88.6. The van der Waals surface area contributed by atoms with Gasteiger partial charge in [-0.1, -0.05) is 6.07 Å². The first-order chi connectivity index (χ1) is 14.9. The molecule has 2 aliphatic rings. The Morgan fingerprint density at radius 1 is 1.38 bits per heavy atom. The molecule has 3 rings (SSSR count). The molecule has 1 aromatic carbocycles. The summed E-state index contributed by atoms with van der Waals surface area (Å²) in [4.78, 5) is 13.0. The summed E-state index contributed by atoms with van der Waals surface area (Å²) in [6.07, 6.45) is -7.77. The molecule has 180 valence electrons. The lowest BCUT2D eigenvalue weighted by molar-refractivity contribution is -0.215. The Kier molecular flexibility index (Phi) is 7.03. The lowest BCUT2D eigenvalue weighted by atomic mass is 9.87. The molecular weight excluding hydrogens is 460 g/mol. The number of amides is 1. The molecule has 0 bridgehead atoms. The number of piperidine rings is 1. The molecule has 1 spiro atoms. The number of likely N-dealkylation sites (tertiary alicyclic amines) is 1. The molecule has 2 atom stereocenters. The molecule has 2 heterocycles. The van der Waals surface area contributed by atoms with Crippen molar-refractivity contribution in [2.45, 2.75) is 48.1 Å². The third-order valence-electron chi connectivity index (χ3n) is 5.88. The largest absolute Gasteiger partial charge is 0.434 e. The molecule has 0 aliphatic carbocycles. The highest BCUT2D eigenvalue weighted by molar-refractivity contribution is 7.89. The number of hydrogen-bond donors (Lipinski definition) is 1. The van der Waals surface area contributed by atoms with Gasteiger partial charge in [-0.25, -0.2) is 17.6 Å². The second kappa shape index (κ2) is 9.12. The van der Waals surface area contributed by atoms with Gasteiger partial charge in [-0.05, 0) is 37.5 Å². The predicted molar refractivity (Wildman–Crippen MR) is 103 cm³/mol. The fourth-order valence-electron chi connectivity index (χ4n) is 3.89. The van der Waals surface area contributed by atoms with E-state index in [9.17, 15) is 30.8 Å². The second-order valence-corrected chi connectivity index (χ2v) is 9.91. The maximum absolute atomic E-state index is 13.5. The van der Waals surface area contributed by atoms with Crippen molar-refractivity contribution in [3.05, 3.63) is 30.1 Å². The monoisotopic (exact) mass is 484 g/mol. The Labute approximate surface area is 182 Å². The lowest BCUT2D eigenvalue weighted by Gasteiger charge is -2.38. The molecule has 13 heteroatoms. The van der Waals surface area contributed by atoms with Crippen LogP contribution in [0.5, 0.6) is 0 Å². The van der Waals surface area contributed by atoms with E-state index < -0.39 is 52.5 Å². The number of likely N-dealkylation sites (N-methyl/N-ethyl adjacent to an activating group) is 1. The first-order valence-corrected chi connectivity index (χ1v) is 11.3. The predicted octanol–water partition coefficient (Wildman–Crippen LogP) is 2.13. The molecule has 2 fully saturated rings. The van der Waals surface area contributed by atoms with Crippen molar-refractivity contribution in [1.82, 2.24) is 9.21 Å². The molecular formula is C19H24F4N2O6S. The molecule has 2 unspecified atom stereocenters. The maximum Gasteiger partial charge on any atom is 0.427 e. The van der Waals surface area contributed by atoms with Gasteiger partial charge in [0, 0.05) is 20.1 Å². The van der Waals surface area contributed by atoms with Gasteiger partial charge in [-0.2, -0.15) is 17.5 Å². The number of carbonyl (C=O) groups excluding carboxylic acids is 1. The van der Waals surface area contributed by atoms with Crippen LogP contribution in [0.15, 0.2) is 29.2 Å². The van der Waals surface area contributed by atoms with E-state index in [-0.39, 0.29) is 37.4 Å². The van der Waals surface area contributed by atoms with E-state index in [2.05, 4.69) is 4.74 Å². The minimum Gasteiger partial charge on any atom is -0.434 e. The molecule has 0 aromatic heterocycles. The first kappa shape index (κ1) is 24.7. The Morgan fingerprint density at radius 2 is 2.03 bits per heavy atom. The minimum absolute atomic E-state index is 0.0575. The van der Waals surface area contributed by atoms with Gasteiger partial charge >= 0.3 is 12.3 Å². The first-order valence-electron chi connectivity index (χ1n) is 9.89. The second-order valence-electron chi connectivity index (χ2n) is 7.91. The molecule has 2 saturated heterocycles. The average molecular weight is 484 g/mol. The number of rotatable bonds is 5. The van der Waals surface area contributed by atoms with Gasteiger partial charge in [0.05, 0.1) is 29.8 Å². The van der Waals surface area contributed by atoms with Crippen molar-refractivity contribution in [2.24, 2.45) is 0 Å². The van der Waals surface area contributed by atoms with Gasteiger partial charge in [0.1, 0.15) is 5.82 Å². The van der Waals surface area contributed by atoms with E-state index in [1.165, 1.54) is 19.2 Å².